The van der Waals surface area contributed by atoms with Crippen molar-refractivity contribution in [2.24, 2.45) is 7.05 Å². The number of benzene rings is 1. The van der Waals surface area contributed by atoms with Crippen LogP contribution in [0.25, 0.3) is 0 Å². The molecule has 2 amide bonds. The second kappa shape index (κ2) is 8.16. The van der Waals surface area contributed by atoms with Crippen molar-refractivity contribution in [1.29, 1.82) is 0 Å². The number of rotatable bonds is 6. The van der Waals surface area contributed by atoms with E-state index in [1.165, 1.54) is 0 Å². The predicted octanol–water partition coefficient (Wildman–Crippen LogP) is 1.56. The van der Waals surface area contributed by atoms with Crippen molar-refractivity contribution in [2.75, 3.05) is 13.2 Å². The number of nitrogens with zero attached hydrogens (tertiary/aromatic N) is 1. The van der Waals surface area contributed by atoms with E-state index in [1.54, 1.807) is 54.2 Å². The fourth-order valence-corrected chi connectivity index (χ4v) is 1.91. The lowest BCUT2D eigenvalue weighted by Gasteiger charge is -2.08. The molecule has 0 fully saturated rings. The average Bonchev–Trinajstić information content (AvgIpc) is 2.98. The van der Waals surface area contributed by atoms with Crippen molar-refractivity contribution >= 4 is 29.4 Å². The maximum Gasteiger partial charge on any atom is 0.344 e. The number of aromatic nitrogens is 1. The summed E-state index contributed by atoms with van der Waals surface area (Å²) in [6.45, 7) is -0.931. The van der Waals surface area contributed by atoms with E-state index in [9.17, 15) is 14.4 Å². The molecule has 2 aromatic rings. The average molecular weight is 351 g/mol. The van der Waals surface area contributed by atoms with Crippen LogP contribution in [0, 0.1) is 0 Å². The van der Waals surface area contributed by atoms with Gasteiger partial charge >= 0.3 is 5.97 Å². The molecule has 0 radical (unpaired) electrons. The molecule has 8 heteroatoms. The summed E-state index contributed by atoms with van der Waals surface area (Å²) in [5.74, 6) is -1.58. The van der Waals surface area contributed by atoms with Gasteiger partial charge in [0, 0.05) is 18.3 Å². The van der Waals surface area contributed by atoms with Crippen LogP contribution in [0.1, 0.15) is 10.5 Å². The minimum atomic E-state index is -0.730. The molecule has 2 rings (SSSR count). The van der Waals surface area contributed by atoms with E-state index in [0.717, 1.165) is 0 Å². The highest BCUT2D eigenvalue weighted by molar-refractivity contribution is 6.30. The second-order valence-corrected chi connectivity index (χ2v) is 5.22. The van der Waals surface area contributed by atoms with Crippen LogP contribution in [0.5, 0.6) is 5.75 Å². The lowest BCUT2D eigenvalue weighted by Crippen LogP contribution is -2.35. The lowest BCUT2D eigenvalue weighted by atomic mass is 10.3. The van der Waals surface area contributed by atoms with Gasteiger partial charge in [0.05, 0.1) is 0 Å². The summed E-state index contributed by atoms with van der Waals surface area (Å²) in [5, 5.41) is 2.67. The fourth-order valence-electron chi connectivity index (χ4n) is 1.78. The second-order valence-electron chi connectivity index (χ2n) is 4.78. The normalized spacial score (nSPS) is 10.1. The first kappa shape index (κ1) is 17.6. The molecular formula is C16H15ClN2O5. The number of nitrogens with one attached hydrogen (secondary N) is 1. The topological polar surface area (TPSA) is 86.6 Å². The number of imide groups is 1. The Balaban J connectivity index is 1.71. The van der Waals surface area contributed by atoms with Gasteiger partial charge in [-0.05, 0) is 36.4 Å². The van der Waals surface area contributed by atoms with Crippen molar-refractivity contribution in [2.45, 2.75) is 0 Å². The number of esters is 1. The van der Waals surface area contributed by atoms with Gasteiger partial charge in [0.1, 0.15) is 11.4 Å². The minimum absolute atomic E-state index is 0.320. The minimum Gasteiger partial charge on any atom is -0.482 e. The van der Waals surface area contributed by atoms with E-state index in [-0.39, 0.29) is 6.61 Å². The van der Waals surface area contributed by atoms with Gasteiger partial charge < -0.3 is 14.0 Å². The monoisotopic (exact) mass is 350 g/mol. The molecular weight excluding hydrogens is 336 g/mol. The third kappa shape index (κ3) is 5.13. The highest BCUT2D eigenvalue weighted by atomic mass is 35.5. The summed E-state index contributed by atoms with van der Waals surface area (Å²) < 4.78 is 11.5. The molecule has 1 heterocycles. The molecule has 0 aliphatic carbocycles. The largest absolute Gasteiger partial charge is 0.482 e. The van der Waals surface area contributed by atoms with E-state index >= 15 is 0 Å². The first-order chi connectivity index (χ1) is 11.5. The number of halogens is 1. The van der Waals surface area contributed by atoms with Crippen LogP contribution in [0.15, 0.2) is 42.6 Å². The Labute approximate surface area is 143 Å². The summed E-state index contributed by atoms with van der Waals surface area (Å²) in [4.78, 5) is 34.9. The smallest absolute Gasteiger partial charge is 0.344 e. The summed E-state index contributed by atoms with van der Waals surface area (Å²) in [5.41, 5.74) is 0.320. The third-order valence-electron chi connectivity index (χ3n) is 2.96. The summed E-state index contributed by atoms with van der Waals surface area (Å²) in [7, 11) is 1.67. The first-order valence-electron chi connectivity index (χ1n) is 6.95. The van der Waals surface area contributed by atoms with Crippen molar-refractivity contribution in [1.82, 2.24) is 9.88 Å². The Kier molecular flexibility index (Phi) is 5.97. The standard InChI is InChI=1S/C16H15ClN2O5/c1-19-8-2-3-13(19)16(22)18-14(20)9-24-15(21)10-23-12-6-4-11(17)5-7-12/h2-8H,9-10H2,1H3,(H,18,20,22). The number of aryl methyl sites for hydroxylation is 1. The molecule has 1 N–H and O–H groups in total. The zero-order chi connectivity index (χ0) is 17.5. The van der Waals surface area contributed by atoms with Crippen LogP contribution in [0.2, 0.25) is 5.02 Å². The van der Waals surface area contributed by atoms with Crippen LogP contribution < -0.4 is 10.1 Å². The molecule has 7 nitrogen and oxygen atoms in total. The molecule has 0 unspecified atom stereocenters. The predicted molar refractivity (Wildman–Crippen MR) is 85.8 cm³/mol. The zero-order valence-electron chi connectivity index (χ0n) is 12.8. The van der Waals surface area contributed by atoms with Gasteiger partial charge in [0.25, 0.3) is 11.8 Å². The number of ether oxygens (including phenoxy) is 2. The molecule has 0 aliphatic rings. The van der Waals surface area contributed by atoms with E-state index < -0.39 is 24.4 Å². The number of hydrogen-bond acceptors (Lipinski definition) is 5. The Morgan fingerprint density at radius 2 is 1.83 bits per heavy atom. The molecule has 0 spiro atoms. The molecule has 126 valence electrons. The highest BCUT2D eigenvalue weighted by Gasteiger charge is 2.14. The molecule has 0 bridgehead atoms. The van der Waals surface area contributed by atoms with E-state index in [1.807, 2.05) is 0 Å². The summed E-state index contributed by atoms with van der Waals surface area (Å²) in [6, 6.07) is 9.67. The Hall–Kier alpha value is -2.80. The van der Waals surface area contributed by atoms with Gasteiger partial charge in [-0.2, -0.15) is 0 Å². The fraction of sp³-hybridized carbons (Fsp3) is 0.188. The van der Waals surface area contributed by atoms with Crippen LogP contribution in [-0.2, 0) is 21.4 Å². The van der Waals surface area contributed by atoms with E-state index in [0.29, 0.717) is 16.5 Å². The number of carbonyl (C=O) groups excluding carboxylic acids is 3. The molecule has 24 heavy (non-hydrogen) atoms. The Morgan fingerprint density at radius 1 is 1.12 bits per heavy atom. The molecule has 0 saturated heterocycles. The van der Waals surface area contributed by atoms with Gasteiger partial charge in [0.15, 0.2) is 13.2 Å². The van der Waals surface area contributed by atoms with Crippen LogP contribution in [0.3, 0.4) is 0 Å². The molecule has 1 aromatic heterocycles. The lowest BCUT2D eigenvalue weighted by molar-refractivity contribution is -0.150. The summed E-state index contributed by atoms with van der Waals surface area (Å²) >= 11 is 5.73. The van der Waals surface area contributed by atoms with Crippen molar-refractivity contribution in [3.8, 4) is 5.75 Å². The maximum absolute atomic E-state index is 11.8. The number of carbonyl (C=O) groups is 3. The Bertz CT molecular complexity index is 739. The van der Waals surface area contributed by atoms with Gasteiger partial charge in [-0.25, -0.2) is 4.79 Å². The molecule has 1 aromatic carbocycles. The number of amides is 2. The molecule has 0 atom stereocenters. The van der Waals surface area contributed by atoms with Crippen LogP contribution in [0.4, 0.5) is 0 Å². The van der Waals surface area contributed by atoms with Crippen LogP contribution in [-0.4, -0.2) is 35.6 Å². The Morgan fingerprint density at radius 3 is 2.46 bits per heavy atom. The quantitative estimate of drug-likeness (QED) is 0.799. The first-order valence-corrected chi connectivity index (χ1v) is 7.33. The van der Waals surface area contributed by atoms with Gasteiger partial charge in [-0.1, -0.05) is 11.6 Å². The molecule has 0 aliphatic heterocycles. The summed E-state index contributed by atoms with van der Waals surface area (Å²) in [6.07, 6.45) is 1.67. The van der Waals surface area contributed by atoms with Gasteiger partial charge in [-0.15, -0.1) is 0 Å². The third-order valence-corrected chi connectivity index (χ3v) is 3.22. The van der Waals surface area contributed by atoms with Gasteiger partial charge in [-0.3, -0.25) is 14.9 Å². The maximum atomic E-state index is 11.8. The van der Waals surface area contributed by atoms with E-state index in [4.69, 9.17) is 21.1 Å². The highest BCUT2D eigenvalue weighted by Crippen LogP contribution is 2.15. The number of hydrogen-bond donors (Lipinski definition) is 1. The van der Waals surface area contributed by atoms with Crippen molar-refractivity contribution < 1.29 is 23.9 Å². The van der Waals surface area contributed by atoms with Crippen LogP contribution >= 0.6 is 11.6 Å². The van der Waals surface area contributed by atoms with E-state index in [2.05, 4.69) is 5.32 Å². The zero-order valence-corrected chi connectivity index (χ0v) is 13.6. The van der Waals surface area contributed by atoms with Crippen molar-refractivity contribution in [3.63, 3.8) is 0 Å². The SMILES string of the molecule is Cn1cccc1C(=O)NC(=O)COC(=O)COc1ccc(Cl)cc1. The molecule has 0 saturated carbocycles. The van der Waals surface area contributed by atoms with Crippen molar-refractivity contribution in [3.05, 3.63) is 53.3 Å². The van der Waals surface area contributed by atoms with Gasteiger partial charge in [0.2, 0.25) is 0 Å².